The fourth-order valence-electron chi connectivity index (χ4n) is 3.10. The molecule has 0 spiro atoms. The number of hydrogen-bond donors (Lipinski definition) is 1. The number of aromatic amines is 1. The van der Waals surface area contributed by atoms with Crippen molar-refractivity contribution in [2.24, 2.45) is 4.99 Å². The van der Waals surface area contributed by atoms with Gasteiger partial charge in [0.25, 0.3) is 0 Å². The maximum Gasteiger partial charge on any atom is 0.216 e. The first-order chi connectivity index (χ1) is 13.6. The fraction of sp³-hybridized carbons (Fsp3) is 0.316. The number of methoxy groups -OCH3 is 2. The number of aromatic nitrogens is 3. The Morgan fingerprint density at radius 2 is 2.07 bits per heavy atom. The summed E-state index contributed by atoms with van der Waals surface area (Å²) in [6.45, 7) is 3.14. The summed E-state index contributed by atoms with van der Waals surface area (Å²) in [6, 6.07) is 5.66. The molecule has 1 atom stereocenters. The lowest BCUT2D eigenvalue weighted by atomic mass is 10.2. The zero-order chi connectivity index (χ0) is 19.7. The summed E-state index contributed by atoms with van der Waals surface area (Å²) in [6.07, 6.45) is 1.68. The second-order valence-electron chi connectivity index (χ2n) is 6.25. The lowest BCUT2D eigenvalue weighted by Gasteiger charge is -2.13. The van der Waals surface area contributed by atoms with Crippen LogP contribution in [-0.4, -0.2) is 52.4 Å². The summed E-state index contributed by atoms with van der Waals surface area (Å²) >= 11 is 0. The van der Waals surface area contributed by atoms with E-state index in [1.54, 1.807) is 20.4 Å². The van der Waals surface area contributed by atoms with E-state index in [1.165, 1.54) is 0 Å². The van der Waals surface area contributed by atoms with Crippen LogP contribution in [0.3, 0.4) is 0 Å². The molecule has 3 aromatic rings. The molecule has 0 amide bonds. The molecule has 28 heavy (non-hydrogen) atoms. The minimum absolute atomic E-state index is 0.155. The average molecular weight is 400 g/mol. The van der Waals surface area contributed by atoms with Crippen LogP contribution < -0.4 is 9.47 Å². The molecule has 1 unspecified atom stereocenters. The van der Waals surface area contributed by atoms with Gasteiger partial charge >= 0.3 is 0 Å². The van der Waals surface area contributed by atoms with E-state index in [2.05, 4.69) is 19.9 Å². The van der Waals surface area contributed by atoms with Crippen LogP contribution in [0.2, 0.25) is 0 Å². The number of aliphatic imine (C=N–C) groups is 1. The molecule has 8 nitrogen and oxygen atoms in total. The highest BCUT2D eigenvalue weighted by molar-refractivity contribution is 7.84. The summed E-state index contributed by atoms with van der Waals surface area (Å²) in [7, 11) is 1.68. The summed E-state index contributed by atoms with van der Waals surface area (Å²) in [5.74, 6) is 1.86. The van der Waals surface area contributed by atoms with Crippen molar-refractivity contribution in [2.45, 2.75) is 17.8 Å². The Balaban J connectivity index is 1.63. The Hall–Kier alpha value is -2.94. The molecule has 0 saturated heterocycles. The van der Waals surface area contributed by atoms with E-state index in [0.29, 0.717) is 41.4 Å². The van der Waals surface area contributed by atoms with E-state index in [0.717, 1.165) is 22.2 Å². The molecule has 1 aliphatic heterocycles. The van der Waals surface area contributed by atoms with Crippen LogP contribution in [0, 0.1) is 6.92 Å². The van der Waals surface area contributed by atoms with Gasteiger partial charge in [0.05, 0.1) is 54.0 Å². The molecule has 2 aromatic heterocycles. The number of fused-ring (bicyclic) bond motifs is 1. The van der Waals surface area contributed by atoms with Crippen LogP contribution in [0.5, 0.6) is 11.5 Å². The smallest absolute Gasteiger partial charge is 0.216 e. The largest absolute Gasteiger partial charge is 0.492 e. The zero-order valence-electron chi connectivity index (χ0n) is 15.8. The summed E-state index contributed by atoms with van der Waals surface area (Å²) < 4.78 is 29.2. The van der Waals surface area contributed by atoms with Crippen molar-refractivity contribution >= 4 is 27.7 Å². The quantitative estimate of drug-likeness (QED) is 0.682. The molecule has 0 saturated carbocycles. The van der Waals surface area contributed by atoms with Crippen LogP contribution in [0.25, 0.3) is 11.0 Å². The van der Waals surface area contributed by atoms with Crippen LogP contribution in [0.4, 0.5) is 0 Å². The number of ether oxygens (including phenoxy) is 3. The molecule has 1 aliphatic rings. The molecule has 0 radical (unpaired) electrons. The third-order valence-corrected chi connectivity index (χ3v) is 5.59. The minimum Gasteiger partial charge on any atom is -0.492 e. The van der Waals surface area contributed by atoms with E-state index < -0.39 is 10.8 Å². The SMILES string of the molecule is COc1c(C)cnc(CS(=O)c2nc3ccc(C4=NCCO4)cc3[nH]2)c1OC. The molecule has 4 rings (SSSR count). The number of nitrogens with one attached hydrogen (secondary N) is 1. The van der Waals surface area contributed by atoms with Crippen molar-refractivity contribution in [2.75, 3.05) is 27.4 Å². The monoisotopic (exact) mass is 400 g/mol. The summed E-state index contributed by atoms with van der Waals surface area (Å²) in [5, 5.41) is 0.379. The second-order valence-corrected chi connectivity index (χ2v) is 7.62. The van der Waals surface area contributed by atoms with E-state index in [1.807, 2.05) is 25.1 Å². The van der Waals surface area contributed by atoms with E-state index in [4.69, 9.17) is 14.2 Å². The van der Waals surface area contributed by atoms with Gasteiger partial charge in [0.15, 0.2) is 16.7 Å². The summed E-state index contributed by atoms with van der Waals surface area (Å²) in [4.78, 5) is 16.3. The van der Waals surface area contributed by atoms with Crippen LogP contribution >= 0.6 is 0 Å². The van der Waals surface area contributed by atoms with Crippen molar-refractivity contribution < 1.29 is 18.4 Å². The molecule has 0 aliphatic carbocycles. The van der Waals surface area contributed by atoms with Crippen molar-refractivity contribution in [3.63, 3.8) is 0 Å². The lowest BCUT2D eigenvalue weighted by Crippen LogP contribution is -2.05. The predicted octanol–water partition coefficient (Wildman–Crippen LogP) is 2.37. The molecule has 1 aromatic carbocycles. The van der Waals surface area contributed by atoms with Gasteiger partial charge in [-0.25, -0.2) is 9.98 Å². The van der Waals surface area contributed by atoms with Gasteiger partial charge in [-0.1, -0.05) is 0 Å². The average Bonchev–Trinajstić information content (AvgIpc) is 3.38. The Labute approximate surface area is 164 Å². The first-order valence-electron chi connectivity index (χ1n) is 8.73. The Bertz CT molecular complexity index is 1090. The second kappa shape index (κ2) is 7.59. The molecule has 146 valence electrons. The first kappa shape index (κ1) is 18.4. The molecule has 3 heterocycles. The number of hydrogen-bond acceptors (Lipinski definition) is 7. The highest BCUT2D eigenvalue weighted by Crippen LogP contribution is 2.33. The molecule has 9 heteroatoms. The summed E-state index contributed by atoms with van der Waals surface area (Å²) in [5.41, 5.74) is 3.78. The molecule has 0 fully saturated rings. The van der Waals surface area contributed by atoms with Crippen molar-refractivity contribution in [1.29, 1.82) is 0 Å². The van der Waals surface area contributed by atoms with E-state index in [9.17, 15) is 4.21 Å². The lowest BCUT2D eigenvalue weighted by molar-refractivity contribution is 0.348. The standard InChI is InChI=1S/C19H20N4O4S/c1-11-9-21-15(17(26-3)16(11)25-2)10-28(24)19-22-13-5-4-12(8-14(13)23-19)18-20-6-7-27-18/h4-5,8-9H,6-7,10H2,1-3H3,(H,22,23). The number of benzene rings is 1. The van der Waals surface area contributed by atoms with Crippen LogP contribution in [0.15, 0.2) is 34.5 Å². The highest BCUT2D eigenvalue weighted by atomic mass is 32.2. The van der Waals surface area contributed by atoms with Crippen molar-refractivity contribution in [1.82, 2.24) is 15.0 Å². The zero-order valence-corrected chi connectivity index (χ0v) is 16.6. The number of pyridine rings is 1. The van der Waals surface area contributed by atoms with Gasteiger partial charge in [0.1, 0.15) is 6.61 Å². The first-order valence-corrected chi connectivity index (χ1v) is 10.0. The number of H-pyrrole nitrogens is 1. The maximum absolute atomic E-state index is 12.9. The third-order valence-electron chi connectivity index (χ3n) is 4.42. The topological polar surface area (TPSA) is 98.7 Å². The molecular weight excluding hydrogens is 380 g/mol. The van der Waals surface area contributed by atoms with Gasteiger partial charge in [-0.05, 0) is 25.1 Å². The predicted molar refractivity (Wildman–Crippen MR) is 106 cm³/mol. The number of rotatable bonds is 6. The normalized spacial score (nSPS) is 14.6. The van der Waals surface area contributed by atoms with E-state index in [-0.39, 0.29) is 5.75 Å². The van der Waals surface area contributed by atoms with Crippen LogP contribution in [-0.2, 0) is 21.3 Å². The third kappa shape index (κ3) is 3.33. The maximum atomic E-state index is 12.9. The molecular formula is C19H20N4O4S. The van der Waals surface area contributed by atoms with Gasteiger partial charge in [0, 0.05) is 17.3 Å². The van der Waals surface area contributed by atoms with Gasteiger partial charge in [-0.2, -0.15) is 0 Å². The number of imidazole rings is 1. The minimum atomic E-state index is -1.43. The van der Waals surface area contributed by atoms with Gasteiger partial charge in [-0.3, -0.25) is 9.19 Å². The van der Waals surface area contributed by atoms with E-state index >= 15 is 0 Å². The molecule has 0 bridgehead atoms. The Morgan fingerprint density at radius 3 is 2.79 bits per heavy atom. The van der Waals surface area contributed by atoms with Crippen molar-refractivity contribution in [3.05, 3.63) is 41.2 Å². The number of nitrogens with zero attached hydrogens (tertiary/aromatic N) is 3. The van der Waals surface area contributed by atoms with Crippen LogP contribution in [0.1, 0.15) is 16.8 Å². The Kier molecular flexibility index (Phi) is 4.99. The number of aryl methyl sites for hydroxylation is 1. The van der Waals surface area contributed by atoms with Gasteiger partial charge in [0.2, 0.25) is 5.90 Å². The van der Waals surface area contributed by atoms with Crippen molar-refractivity contribution in [3.8, 4) is 11.5 Å². The Morgan fingerprint density at radius 1 is 1.25 bits per heavy atom. The van der Waals surface area contributed by atoms with Gasteiger partial charge in [-0.15, -0.1) is 0 Å². The highest BCUT2D eigenvalue weighted by Gasteiger charge is 2.19. The molecule has 1 N–H and O–H groups in total. The van der Waals surface area contributed by atoms with Gasteiger partial charge < -0.3 is 19.2 Å². The fourth-order valence-corrected chi connectivity index (χ4v) is 4.11.